The maximum atomic E-state index is 12.9. The highest BCUT2D eigenvalue weighted by molar-refractivity contribution is 5.31. The number of pyridine rings is 2. The second-order valence-corrected chi connectivity index (χ2v) is 4.74. The number of halogens is 1. The number of nitrogens with one attached hydrogen (secondary N) is 1. The zero-order chi connectivity index (χ0) is 14.5. The molecule has 0 radical (unpaired) electrons. The van der Waals surface area contributed by atoms with E-state index in [1.807, 2.05) is 27.0 Å². The van der Waals surface area contributed by atoms with E-state index in [4.69, 9.17) is 4.74 Å². The Morgan fingerprint density at radius 1 is 1.20 bits per heavy atom. The van der Waals surface area contributed by atoms with Gasteiger partial charge in [0, 0.05) is 6.20 Å². The van der Waals surface area contributed by atoms with Crippen molar-refractivity contribution in [1.29, 1.82) is 0 Å². The van der Waals surface area contributed by atoms with Crippen molar-refractivity contribution in [2.75, 3.05) is 7.05 Å². The van der Waals surface area contributed by atoms with Crippen LogP contribution in [0.2, 0.25) is 0 Å². The van der Waals surface area contributed by atoms with Gasteiger partial charge in [0.1, 0.15) is 11.6 Å². The molecule has 106 valence electrons. The summed E-state index contributed by atoms with van der Waals surface area (Å²) >= 11 is 0. The van der Waals surface area contributed by atoms with Gasteiger partial charge in [-0.15, -0.1) is 0 Å². The molecule has 1 N–H and O–H groups in total. The molecule has 2 aromatic heterocycles. The molecule has 0 saturated heterocycles. The second kappa shape index (κ2) is 6.43. The molecule has 2 heterocycles. The Bertz CT molecular complexity index is 557. The lowest BCUT2D eigenvalue weighted by Crippen LogP contribution is -2.19. The molecule has 4 nitrogen and oxygen atoms in total. The van der Waals surface area contributed by atoms with E-state index in [9.17, 15) is 4.39 Å². The molecule has 2 aromatic rings. The van der Waals surface area contributed by atoms with Gasteiger partial charge in [-0.25, -0.2) is 4.39 Å². The number of hydrogen-bond donors (Lipinski definition) is 1. The Balaban J connectivity index is 2.29. The predicted octanol–water partition coefficient (Wildman–Crippen LogP) is 2.71. The van der Waals surface area contributed by atoms with E-state index in [2.05, 4.69) is 15.3 Å². The summed E-state index contributed by atoms with van der Waals surface area (Å²) < 4.78 is 18.6. The van der Waals surface area contributed by atoms with Crippen LogP contribution in [0, 0.1) is 5.82 Å². The average Bonchev–Trinajstić information content (AvgIpc) is 2.41. The van der Waals surface area contributed by atoms with Crippen LogP contribution in [-0.2, 0) is 0 Å². The van der Waals surface area contributed by atoms with Gasteiger partial charge >= 0.3 is 0 Å². The van der Waals surface area contributed by atoms with Gasteiger partial charge in [-0.3, -0.25) is 9.97 Å². The lowest BCUT2D eigenvalue weighted by Gasteiger charge is -2.17. The van der Waals surface area contributed by atoms with Gasteiger partial charge in [-0.1, -0.05) is 0 Å². The van der Waals surface area contributed by atoms with Crippen molar-refractivity contribution in [1.82, 2.24) is 15.3 Å². The van der Waals surface area contributed by atoms with Gasteiger partial charge < -0.3 is 10.1 Å². The zero-order valence-electron chi connectivity index (χ0n) is 11.8. The molecule has 0 aliphatic heterocycles. The van der Waals surface area contributed by atoms with Gasteiger partial charge in [-0.05, 0) is 44.7 Å². The lowest BCUT2D eigenvalue weighted by molar-refractivity contribution is 0.241. The summed E-state index contributed by atoms with van der Waals surface area (Å²) in [6, 6.07) is 4.82. The summed E-state index contributed by atoms with van der Waals surface area (Å²) in [5.41, 5.74) is 1.65. The molecule has 0 bridgehead atoms. The molecule has 0 aromatic carbocycles. The topological polar surface area (TPSA) is 47.0 Å². The SMILES string of the molecule is CNC(c1cncc(OC(C)C)c1)c1ccc(F)cn1. The van der Waals surface area contributed by atoms with Crippen molar-refractivity contribution in [2.24, 2.45) is 0 Å². The molecule has 20 heavy (non-hydrogen) atoms. The third kappa shape index (κ3) is 3.51. The van der Waals surface area contributed by atoms with E-state index in [1.165, 1.54) is 12.3 Å². The van der Waals surface area contributed by atoms with Crippen LogP contribution in [-0.4, -0.2) is 23.1 Å². The summed E-state index contributed by atoms with van der Waals surface area (Å²) in [7, 11) is 1.83. The van der Waals surface area contributed by atoms with Crippen LogP contribution in [0.4, 0.5) is 4.39 Å². The van der Waals surface area contributed by atoms with E-state index in [0.29, 0.717) is 5.75 Å². The summed E-state index contributed by atoms with van der Waals surface area (Å²) in [5.74, 6) is 0.360. The van der Waals surface area contributed by atoms with Gasteiger partial charge in [0.25, 0.3) is 0 Å². The Hall–Kier alpha value is -2.01. The van der Waals surface area contributed by atoms with Crippen molar-refractivity contribution in [2.45, 2.75) is 26.0 Å². The Kier molecular flexibility index (Phi) is 4.63. The fourth-order valence-corrected chi connectivity index (χ4v) is 1.97. The molecule has 5 heteroatoms. The third-order valence-corrected chi connectivity index (χ3v) is 2.77. The van der Waals surface area contributed by atoms with Gasteiger partial charge in [0.2, 0.25) is 0 Å². The summed E-state index contributed by atoms with van der Waals surface area (Å²) in [6.07, 6.45) is 4.72. The van der Waals surface area contributed by atoms with E-state index in [-0.39, 0.29) is 18.0 Å². The molecule has 0 amide bonds. The first-order valence-electron chi connectivity index (χ1n) is 6.50. The first-order valence-corrected chi connectivity index (χ1v) is 6.50. The first-order chi connectivity index (χ1) is 9.60. The van der Waals surface area contributed by atoms with Crippen LogP contribution >= 0.6 is 0 Å². The van der Waals surface area contributed by atoms with Crippen LogP contribution in [0.3, 0.4) is 0 Å². The molecule has 0 aliphatic carbocycles. The maximum absolute atomic E-state index is 12.9. The highest BCUT2D eigenvalue weighted by Crippen LogP contribution is 2.23. The van der Waals surface area contributed by atoms with Crippen LogP contribution < -0.4 is 10.1 Å². The summed E-state index contributed by atoms with van der Waals surface area (Å²) in [4.78, 5) is 8.29. The number of hydrogen-bond acceptors (Lipinski definition) is 4. The zero-order valence-corrected chi connectivity index (χ0v) is 11.8. The van der Waals surface area contributed by atoms with E-state index < -0.39 is 0 Å². The minimum Gasteiger partial charge on any atom is -0.489 e. The first kappa shape index (κ1) is 14.4. The van der Waals surface area contributed by atoms with Crippen LogP contribution in [0.5, 0.6) is 5.75 Å². The third-order valence-electron chi connectivity index (χ3n) is 2.77. The summed E-state index contributed by atoms with van der Waals surface area (Å²) in [6.45, 7) is 3.92. The highest BCUT2D eigenvalue weighted by atomic mass is 19.1. The largest absolute Gasteiger partial charge is 0.489 e. The van der Waals surface area contributed by atoms with Gasteiger partial charge in [0.05, 0.1) is 30.2 Å². The fraction of sp³-hybridized carbons (Fsp3) is 0.333. The molecule has 0 aliphatic rings. The molecule has 0 saturated carbocycles. The van der Waals surface area contributed by atoms with E-state index in [1.54, 1.807) is 18.5 Å². The van der Waals surface area contributed by atoms with Gasteiger partial charge in [0.15, 0.2) is 0 Å². The fourth-order valence-electron chi connectivity index (χ4n) is 1.97. The molecule has 2 rings (SSSR count). The van der Waals surface area contributed by atoms with Crippen molar-refractivity contribution in [3.63, 3.8) is 0 Å². The normalized spacial score (nSPS) is 12.4. The number of nitrogens with zero attached hydrogens (tertiary/aromatic N) is 2. The molecule has 1 atom stereocenters. The Morgan fingerprint density at radius 2 is 2.00 bits per heavy atom. The maximum Gasteiger partial charge on any atom is 0.141 e. The Labute approximate surface area is 118 Å². The van der Waals surface area contributed by atoms with E-state index in [0.717, 1.165) is 11.3 Å². The van der Waals surface area contributed by atoms with E-state index >= 15 is 0 Å². The predicted molar refractivity (Wildman–Crippen MR) is 75.1 cm³/mol. The minimum absolute atomic E-state index is 0.0871. The Morgan fingerprint density at radius 3 is 2.60 bits per heavy atom. The standard InChI is InChI=1S/C15H18FN3O/c1-10(2)20-13-6-11(7-18-9-13)15(17-3)14-5-4-12(16)8-19-14/h4-10,15,17H,1-3H3. The van der Waals surface area contributed by atoms with Crippen molar-refractivity contribution >= 4 is 0 Å². The van der Waals surface area contributed by atoms with Crippen LogP contribution in [0.15, 0.2) is 36.8 Å². The smallest absolute Gasteiger partial charge is 0.141 e. The number of aromatic nitrogens is 2. The molecule has 1 unspecified atom stereocenters. The number of rotatable bonds is 5. The molecular weight excluding hydrogens is 257 g/mol. The quantitative estimate of drug-likeness (QED) is 0.911. The summed E-state index contributed by atoms with van der Waals surface area (Å²) in [5, 5.41) is 3.15. The van der Waals surface area contributed by atoms with Crippen LogP contribution in [0.25, 0.3) is 0 Å². The van der Waals surface area contributed by atoms with Crippen molar-refractivity contribution < 1.29 is 9.13 Å². The molecular formula is C15H18FN3O. The van der Waals surface area contributed by atoms with Crippen molar-refractivity contribution in [3.05, 3.63) is 53.9 Å². The highest BCUT2D eigenvalue weighted by Gasteiger charge is 2.15. The molecule has 0 spiro atoms. The second-order valence-electron chi connectivity index (χ2n) is 4.74. The van der Waals surface area contributed by atoms with Crippen LogP contribution in [0.1, 0.15) is 31.1 Å². The lowest BCUT2D eigenvalue weighted by atomic mass is 10.1. The van der Waals surface area contributed by atoms with Gasteiger partial charge in [-0.2, -0.15) is 0 Å². The molecule has 0 fully saturated rings. The van der Waals surface area contributed by atoms with Crippen molar-refractivity contribution in [3.8, 4) is 5.75 Å². The monoisotopic (exact) mass is 275 g/mol. The number of ether oxygens (including phenoxy) is 1. The average molecular weight is 275 g/mol. The minimum atomic E-state index is -0.349.